The van der Waals surface area contributed by atoms with Crippen LogP contribution in [-0.4, -0.2) is 17.1 Å². The zero-order valence-electron chi connectivity index (χ0n) is 12.8. The Labute approximate surface area is 142 Å². The van der Waals surface area contributed by atoms with Crippen LogP contribution in [0.4, 0.5) is 0 Å². The van der Waals surface area contributed by atoms with Crippen LogP contribution in [-0.2, 0) is 13.1 Å². The molecule has 0 radical (unpaired) electrons. The van der Waals surface area contributed by atoms with E-state index >= 15 is 0 Å². The van der Waals surface area contributed by atoms with Crippen LogP contribution in [0.15, 0.2) is 39.5 Å². The molecule has 0 spiro atoms. The smallest absolute Gasteiger partial charge is 0.336 e. The monoisotopic (exact) mass is 349 g/mol. The van der Waals surface area contributed by atoms with Gasteiger partial charge in [0, 0.05) is 35.0 Å². The average molecular weight is 350 g/mol. The number of benzene rings is 1. The number of hydrogen-bond donors (Lipinski definition) is 1. The number of halogens is 1. The molecule has 0 aliphatic heterocycles. The fraction of sp³-hybridized carbons (Fsp3) is 0.235. The van der Waals surface area contributed by atoms with Crippen LogP contribution < -0.4 is 5.63 Å². The summed E-state index contributed by atoms with van der Waals surface area (Å²) >= 11 is 7.51. The summed E-state index contributed by atoms with van der Waals surface area (Å²) in [7, 11) is 1.99. The van der Waals surface area contributed by atoms with Gasteiger partial charge in [0.05, 0.1) is 4.34 Å². The lowest BCUT2D eigenvalue weighted by molar-refractivity contribution is 0.322. The van der Waals surface area contributed by atoms with Gasteiger partial charge in [0.1, 0.15) is 11.3 Å². The minimum Gasteiger partial charge on any atom is -0.508 e. The fourth-order valence-electron chi connectivity index (χ4n) is 2.60. The molecule has 0 amide bonds. The van der Waals surface area contributed by atoms with Gasteiger partial charge in [0.2, 0.25) is 0 Å². The van der Waals surface area contributed by atoms with Crippen LogP contribution in [0.1, 0.15) is 16.0 Å². The lowest BCUT2D eigenvalue weighted by Crippen LogP contribution is -2.18. The van der Waals surface area contributed by atoms with Gasteiger partial charge >= 0.3 is 5.63 Å². The van der Waals surface area contributed by atoms with Gasteiger partial charge in [0.25, 0.3) is 0 Å². The Kier molecular flexibility index (Phi) is 4.43. The molecule has 1 aromatic carbocycles. The van der Waals surface area contributed by atoms with Crippen molar-refractivity contribution in [2.24, 2.45) is 0 Å². The number of rotatable bonds is 4. The Hall–Kier alpha value is -1.82. The molecule has 0 aliphatic carbocycles. The number of nitrogens with zero attached hydrogens (tertiary/aromatic N) is 1. The molecule has 120 valence electrons. The Morgan fingerprint density at radius 3 is 2.74 bits per heavy atom. The molecule has 0 unspecified atom stereocenters. The maximum atomic E-state index is 11.8. The van der Waals surface area contributed by atoms with Crippen molar-refractivity contribution in [3.05, 3.63) is 61.1 Å². The van der Waals surface area contributed by atoms with Crippen molar-refractivity contribution in [2.75, 3.05) is 7.05 Å². The number of aromatic hydroxyl groups is 1. The van der Waals surface area contributed by atoms with Crippen LogP contribution in [0.2, 0.25) is 4.34 Å². The average Bonchev–Trinajstić information content (AvgIpc) is 2.88. The number of phenolic OH excluding ortho intramolecular Hbond substituents is 1. The first-order chi connectivity index (χ1) is 10.9. The van der Waals surface area contributed by atoms with E-state index in [1.54, 1.807) is 30.4 Å². The minimum atomic E-state index is -0.409. The molecule has 2 aromatic heterocycles. The van der Waals surface area contributed by atoms with Crippen LogP contribution in [0, 0.1) is 6.92 Å². The Morgan fingerprint density at radius 2 is 2.04 bits per heavy atom. The Morgan fingerprint density at radius 1 is 1.26 bits per heavy atom. The third-order valence-electron chi connectivity index (χ3n) is 3.71. The number of hydrogen-bond acceptors (Lipinski definition) is 5. The van der Waals surface area contributed by atoms with Crippen LogP contribution >= 0.6 is 22.9 Å². The van der Waals surface area contributed by atoms with Crippen molar-refractivity contribution in [2.45, 2.75) is 20.0 Å². The van der Waals surface area contributed by atoms with Gasteiger partial charge < -0.3 is 9.52 Å². The van der Waals surface area contributed by atoms with E-state index in [1.165, 1.54) is 10.9 Å². The van der Waals surface area contributed by atoms with E-state index in [4.69, 9.17) is 16.0 Å². The first-order valence-electron chi connectivity index (χ1n) is 7.12. The van der Waals surface area contributed by atoms with Gasteiger partial charge in [-0.25, -0.2) is 4.79 Å². The van der Waals surface area contributed by atoms with E-state index in [0.717, 1.165) is 21.8 Å². The van der Waals surface area contributed by atoms with E-state index in [2.05, 4.69) is 4.90 Å². The second-order valence-corrected chi connectivity index (χ2v) is 7.35. The van der Waals surface area contributed by atoms with Gasteiger partial charge in [-0.15, -0.1) is 11.3 Å². The van der Waals surface area contributed by atoms with Crippen molar-refractivity contribution in [3.8, 4) is 5.75 Å². The molecule has 0 bridgehead atoms. The lowest BCUT2D eigenvalue weighted by atomic mass is 10.1. The summed E-state index contributed by atoms with van der Waals surface area (Å²) in [4.78, 5) is 15.1. The van der Waals surface area contributed by atoms with Gasteiger partial charge in [-0.1, -0.05) is 11.6 Å². The van der Waals surface area contributed by atoms with Crippen molar-refractivity contribution in [1.82, 2.24) is 4.90 Å². The predicted octanol–water partition coefficient (Wildman–Crippen LogP) is 4.15. The largest absolute Gasteiger partial charge is 0.508 e. The number of phenols is 1. The molecule has 1 N–H and O–H groups in total. The topological polar surface area (TPSA) is 53.7 Å². The number of fused-ring (bicyclic) bond motifs is 1. The maximum Gasteiger partial charge on any atom is 0.336 e. The Bertz CT molecular complexity index is 916. The predicted molar refractivity (Wildman–Crippen MR) is 93.4 cm³/mol. The second kappa shape index (κ2) is 6.35. The van der Waals surface area contributed by atoms with Crippen LogP contribution in [0.25, 0.3) is 11.0 Å². The molecule has 3 aromatic rings. The number of thiophene rings is 1. The SMILES string of the molecule is Cc1c(O)ccc2c(CN(C)Cc3ccc(Cl)s3)cc(=O)oc12. The molecule has 0 aliphatic rings. The molecular weight excluding hydrogens is 334 g/mol. The highest BCUT2D eigenvalue weighted by Gasteiger charge is 2.12. The summed E-state index contributed by atoms with van der Waals surface area (Å²) < 4.78 is 6.04. The van der Waals surface area contributed by atoms with Crippen LogP contribution in [0.5, 0.6) is 5.75 Å². The summed E-state index contributed by atoms with van der Waals surface area (Å²) in [5, 5.41) is 10.6. The molecule has 2 heterocycles. The number of aryl methyl sites for hydroxylation is 1. The fourth-order valence-corrected chi connectivity index (χ4v) is 3.76. The first-order valence-corrected chi connectivity index (χ1v) is 8.31. The molecule has 0 fully saturated rings. The van der Waals surface area contributed by atoms with E-state index in [-0.39, 0.29) is 5.75 Å². The highest BCUT2D eigenvalue weighted by atomic mass is 35.5. The van der Waals surface area contributed by atoms with E-state index in [1.807, 2.05) is 19.2 Å². The molecule has 0 saturated heterocycles. The zero-order chi connectivity index (χ0) is 16.6. The summed E-state index contributed by atoms with van der Waals surface area (Å²) in [5.41, 5.74) is 1.49. The Balaban J connectivity index is 1.93. The van der Waals surface area contributed by atoms with Crippen LogP contribution in [0.3, 0.4) is 0 Å². The molecule has 6 heteroatoms. The zero-order valence-corrected chi connectivity index (χ0v) is 14.4. The molecule has 0 saturated carbocycles. The van der Waals surface area contributed by atoms with Gasteiger partial charge in [-0.05, 0) is 43.8 Å². The highest BCUT2D eigenvalue weighted by molar-refractivity contribution is 7.16. The lowest BCUT2D eigenvalue weighted by Gasteiger charge is -2.17. The molecule has 0 atom stereocenters. The standard InChI is InChI=1S/C17H16ClNO3S/c1-10-14(20)5-4-13-11(7-16(21)22-17(10)13)8-19(2)9-12-3-6-15(18)23-12/h3-7,20H,8-9H2,1-2H3. The normalized spacial score (nSPS) is 11.5. The third kappa shape index (κ3) is 3.42. The molecule has 4 nitrogen and oxygen atoms in total. The molecular formula is C17H16ClNO3S. The highest BCUT2D eigenvalue weighted by Crippen LogP contribution is 2.28. The third-order valence-corrected chi connectivity index (χ3v) is 4.93. The van der Waals surface area contributed by atoms with Gasteiger partial charge in [-0.2, -0.15) is 0 Å². The minimum absolute atomic E-state index is 0.124. The summed E-state index contributed by atoms with van der Waals surface area (Å²) in [5.74, 6) is 0.124. The van der Waals surface area contributed by atoms with Gasteiger partial charge in [-0.3, -0.25) is 4.90 Å². The molecule has 3 rings (SSSR count). The van der Waals surface area contributed by atoms with Crippen molar-refractivity contribution in [3.63, 3.8) is 0 Å². The van der Waals surface area contributed by atoms with E-state index in [9.17, 15) is 9.90 Å². The summed E-state index contributed by atoms with van der Waals surface area (Å²) in [6.07, 6.45) is 0. The van der Waals surface area contributed by atoms with E-state index < -0.39 is 5.63 Å². The summed E-state index contributed by atoms with van der Waals surface area (Å²) in [6.45, 7) is 3.08. The van der Waals surface area contributed by atoms with Crippen molar-refractivity contribution < 1.29 is 9.52 Å². The van der Waals surface area contributed by atoms with Crippen molar-refractivity contribution >= 4 is 33.9 Å². The van der Waals surface area contributed by atoms with E-state index in [0.29, 0.717) is 17.7 Å². The van der Waals surface area contributed by atoms with Gasteiger partial charge in [0.15, 0.2) is 0 Å². The molecule has 23 heavy (non-hydrogen) atoms. The maximum absolute atomic E-state index is 11.8. The quantitative estimate of drug-likeness (QED) is 0.719. The summed E-state index contributed by atoms with van der Waals surface area (Å²) in [6, 6.07) is 8.81. The first kappa shape index (κ1) is 16.1. The van der Waals surface area contributed by atoms with Crippen molar-refractivity contribution in [1.29, 1.82) is 0 Å². The second-order valence-electron chi connectivity index (χ2n) is 5.56.